The summed E-state index contributed by atoms with van der Waals surface area (Å²) in [7, 11) is 0. The lowest BCUT2D eigenvalue weighted by Crippen LogP contribution is -2.70. The van der Waals surface area contributed by atoms with E-state index < -0.39 is 5.41 Å². The fraction of sp³-hybridized carbons (Fsp3) is 0.800. The van der Waals surface area contributed by atoms with E-state index >= 15 is 0 Å². The Morgan fingerprint density at radius 2 is 1.96 bits per heavy atom. The third-order valence-corrected chi connectivity index (χ3v) is 8.50. The van der Waals surface area contributed by atoms with E-state index in [0.717, 1.165) is 50.9 Å². The summed E-state index contributed by atoms with van der Waals surface area (Å²) in [5, 5.41) is 0. The number of allylic oxidation sites excluding steroid dienone is 1. The third kappa shape index (κ3) is 1.43. The molecule has 23 heavy (non-hydrogen) atoms. The summed E-state index contributed by atoms with van der Waals surface area (Å²) in [6.07, 6.45) is 6.86. The van der Waals surface area contributed by atoms with E-state index in [1.54, 1.807) is 0 Å². The first-order valence-electron chi connectivity index (χ1n) is 9.29. The molecule has 6 atom stereocenters. The zero-order chi connectivity index (χ0) is 16.0. The molecule has 6 fully saturated rings. The molecule has 3 nitrogen and oxygen atoms in total. The van der Waals surface area contributed by atoms with Crippen molar-refractivity contribution in [2.45, 2.75) is 51.9 Å². The van der Waals surface area contributed by atoms with Crippen molar-refractivity contribution in [3.63, 3.8) is 0 Å². The highest BCUT2D eigenvalue weighted by atomic mass is 16.5. The van der Waals surface area contributed by atoms with Crippen LogP contribution >= 0.6 is 0 Å². The van der Waals surface area contributed by atoms with Gasteiger partial charge in [-0.05, 0) is 60.8 Å². The molecule has 0 aromatic carbocycles. The van der Waals surface area contributed by atoms with E-state index in [2.05, 4.69) is 13.5 Å². The minimum absolute atomic E-state index is 0.0637. The summed E-state index contributed by atoms with van der Waals surface area (Å²) in [6.45, 7) is 7.93. The second-order valence-corrected chi connectivity index (χ2v) is 9.26. The molecule has 0 aromatic rings. The first kappa shape index (κ1) is 14.4. The van der Waals surface area contributed by atoms with Gasteiger partial charge in [0.05, 0.1) is 18.6 Å². The van der Waals surface area contributed by atoms with Gasteiger partial charge in [-0.3, -0.25) is 9.59 Å². The van der Waals surface area contributed by atoms with Gasteiger partial charge in [0.2, 0.25) is 0 Å². The number of carbonyl (C=O) groups excluding carboxylic acids is 2. The highest BCUT2D eigenvalue weighted by molar-refractivity contribution is 6.16. The zero-order valence-corrected chi connectivity index (χ0v) is 14.0. The molecule has 0 radical (unpaired) electrons. The van der Waals surface area contributed by atoms with Gasteiger partial charge < -0.3 is 4.74 Å². The number of hydrogen-bond acceptors (Lipinski definition) is 3. The van der Waals surface area contributed by atoms with Crippen LogP contribution in [0, 0.1) is 34.0 Å². The normalized spacial score (nSPS) is 54.7. The Balaban J connectivity index is 1.69. The number of hydrogen-bond donors (Lipinski definition) is 0. The van der Waals surface area contributed by atoms with Gasteiger partial charge in [-0.1, -0.05) is 19.9 Å². The van der Waals surface area contributed by atoms with Crippen LogP contribution in [-0.4, -0.2) is 24.8 Å². The quantitative estimate of drug-likeness (QED) is 0.509. The predicted molar refractivity (Wildman–Crippen MR) is 85.7 cm³/mol. The van der Waals surface area contributed by atoms with Crippen LogP contribution in [0.25, 0.3) is 0 Å². The van der Waals surface area contributed by atoms with Crippen LogP contribution in [0.15, 0.2) is 12.2 Å². The number of rotatable bonds is 0. The Labute approximate surface area is 137 Å². The Morgan fingerprint density at radius 3 is 2.78 bits per heavy atom. The maximum atomic E-state index is 13.3. The van der Waals surface area contributed by atoms with Gasteiger partial charge in [-0.2, -0.15) is 0 Å². The first-order valence-corrected chi connectivity index (χ1v) is 9.29. The lowest BCUT2D eigenvalue weighted by molar-refractivity contribution is -0.236. The van der Waals surface area contributed by atoms with Crippen molar-refractivity contribution >= 4 is 11.6 Å². The molecule has 1 spiro atoms. The maximum absolute atomic E-state index is 13.3. The Kier molecular flexibility index (Phi) is 2.61. The molecule has 1 saturated heterocycles. The standard InChI is InChI=1S/C20H26O3/c1-12-13-4-7-20(17(12)22)15(8-13)19-6-3-5-18(2,10-23-11-19)14(19)9-16(20)21/h13-15H,1,3-11H2,2H3/t13-,14?,15?,18-,19-,20+/m0/s1. The molecule has 5 aliphatic carbocycles. The smallest absolute Gasteiger partial charge is 0.172 e. The summed E-state index contributed by atoms with van der Waals surface area (Å²) in [6, 6.07) is 0. The van der Waals surface area contributed by atoms with Crippen molar-refractivity contribution < 1.29 is 14.3 Å². The molecule has 5 saturated carbocycles. The van der Waals surface area contributed by atoms with Gasteiger partial charge in [0, 0.05) is 11.8 Å². The van der Waals surface area contributed by atoms with Crippen LogP contribution < -0.4 is 0 Å². The highest BCUT2D eigenvalue weighted by Crippen LogP contribution is 2.71. The number of Topliss-reactive ketones (excluding diaryl/α,β-unsaturated/α-hetero) is 2. The van der Waals surface area contributed by atoms with Crippen molar-refractivity contribution in [1.82, 2.24) is 0 Å². The Morgan fingerprint density at radius 1 is 1.13 bits per heavy atom. The van der Waals surface area contributed by atoms with Crippen LogP contribution in [-0.2, 0) is 14.3 Å². The molecule has 1 aliphatic heterocycles. The fourth-order valence-corrected chi connectivity index (χ4v) is 7.44. The molecule has 4 bridgehead atoms. The van der Waals surface area contributed by atoms with E-state index in [4.69, 9.17) is 4.74 Å². The van der Waals surface area contributed by atoms with Crippen LogP contribution in [0.2, 0.25) is 0 Å². The summed E-state index contributed by atoms with van der Waals surface area (Å²) >= 11 is 0. The average Bonchev–Trinajstić information content (AvgIpc) is 2.52. The largest absolute Gasteiger partial charge is 0.380 e. The molecular formula is C20H26O3. The van der Waals surface area contributed by atoms with Crippen molar-refractivity contribution in [3.05, 3.63) is 12.2 Å². The van der Waals surface area contributed by atoms with Crippen molar-refractivity contribution in [1.29, 1.82) is 0 Å². The lowest BCUT2D eigenvalue weighted by Gasteiger charge is -2.68. The molecule has 0 amide bonds. The number of fused-ring (bicyclic) bond motifs is 2. The van der Waals surface area contributed by atoms with Gasteiger partial charge in [-0.15, -0.1) is 0 Å². The maximum Gasteiger partial charge on any atom is 0.172 e. The van der Waals surface area contributed by atoms with Crippen LogP contribution in [0.1, 0.15) is 51.9 Å². The van der Waals surface area contributed by atoms with Crippen molar-refractivity contribution in [2.24, 2.45) is 34.0 Å². The predicted octanol–water partition coefficient (Wildman–Crippen LogP) is 3.32. The summed E-state index contributed by atoms with van der Waals surface area (Å²) in [5.41, 5.74) is 0.200. The number of ketones is 2. The minimum Gasteiger partial charge on any atom is -0.380 e. The van der Waals surface area contributed by atoms with E-state index in [0.29, 0.717) is 18.3 Å². The van der Waals surface area contributed by atoms with E-state index in [-0.39, 0.29) is 28.3 Å². The van der Waals surface area contributed by atoms with Crippen molar-refractivity contribution in [3.8, 4) is 0 Å². The summed E-state index contributed by atoms with van der Waals surface area (Å²) in [4.78, 5) is 26.4. The molecule has 1 heterocycles. The van der Waals surface area contributed by atoms with E-state index in [1.165, 1.54) is 6.42 Å². The van der Waals surface area contributed by atoms with Crippen LogP contribution in [0.5, 0.6) is 0 Å². The number of ether oxygens (including phenoxy) is 1. The van der Waals surface area contributed by atoms with E-state index in [9.17, 15) is 9.59 Å². The van der Waals surface area contributed by atoms with Gasteiger partial charge in [-0.25, -0.2) is 0 Å². The topological polar surface area (TPSA) is 43.4 Å². The number of carbonyl (C=O) groups is 2. The molecule has 2 unspecified atom stereocenters. The molecule has 0 aromatic heterocycles. The minimum atomic E-state index is -0.735. The SMILES string of the molecule is C=C1C(=O)[C@]23CC[C@H]1CC2[C@@]12CCC[C@@](C)(COC1)C2CC3=O. The summed E-state index contributed by atoms with van der Waals surface area (Å²) in [5.74, 6) is 1.27. The Hall–Kier alpha value is -0.960. The van der Waals surface area contributed by atoms with Gasteiger partial charge in [0.25, 0.3) is 0 Å². The second-order valence-electron chi connectivity index (χ2n) is 9.26. The molecule has 124 valence electrons. The molecule has 6 rings (SSSR count). The molecule has 6 aliphatic rings. The van der Waals surface area contributed by atoms with Gasteiger partial charge in [0.15, 0.2) is 5.78 Å². The Bertz CT molecular complexity index is 623. The zero-order valence-electron chi connectivity index (χ0n) is 14.0. The van der Waals surface area contributed by atoms with Gasteiger partial charge >= 0.3 is 0 Å². The average molecular weight is 314 g/mol. The third-order valence-electron chi connectivity index (χ3n) is 8.50. The first-order chi connectivity index (χ1) is 10.9. The van der Waals surface area contributed by atoms with Crippen LogP contribution in [0.4, 0.5) is 0 Å². The van der Waals surface area contributed by atoms with Gasteiger partial charge in [0.1, 0.15) is 5.78 Å². The molecular weight excluding hydrogens is 288 g/mol. The van der Waals surface area contributed by atoms with Crippen molar-refractivity contribution in [2.75, 3.05) is 13.2 Å². The molecule has 0 N–H and O–H groups in total. The van der Waals surface area contributed by atoms with E-state index in [1.807, 2.05) is 0 Å². The molecule has 3 heteroatoms. The lowest BCUT2D eigenvalue weighted by atomic mass is 9.35. The summed E-state index contributed by atoms with van der Waals surface area (Å²) < 4.78 is 6.11. The second kappa shape index (κ2) is 4.17. The monoisotopic (exact) mass is 314 g/mol. The fourth-order valence-electron chi connectivity index (χ4n) is 7.44. The van der Waals surface area contributed by atoms with Crippen LogP contribution in [0.3, 0.4) is 0 Å². The highest BCUT2D eigenvalue weighted by Gasteiger charge is 2.72.